The van der Waals surface area contributed by atoms with Gasteiger partial charge in [0, 0.05) is 6.07 Å². The Hall–Kier alpha value is -2.36. The summed E-state index contributed by atoms with van der Waals surface area (Å²) < 4.78 is 0. The van der Waals surface area contributed by atoms with Gasteiger partial charge in [-0.1, -0.05) is 26.7 Å². The van der Waals surface area contributed by atoms with Gasteiger partial charge in [-0.3, -0.25) is 0 Å². The third-order valence-electron chi connectivity index (χ3n) is 4.73. The van der Waals surface area contributed by atoms with Gasteiger partial charge in [-0.05, 0) is 72.6 Å². The Labute approximate surface area is 149 Å². The summed E-state index contributed by atoms with van der Waals surface area (Å²) in [6.07, 6.45) is 5.20. The van der Waals surface area contributed by atoms with E-state index >= 15 is 0 Å². The summed E-state index contributed by atoms with van der Waals surface area (Å²) in [4.78, 5) is 0. The highest BCUT2D eigenvalue weighted by atomic mass is 16.3. The van der Waals surface area contributed by atoms with E-state index in [4.69, 9.17) is 0 Å². The van der Waals surface area contributed by atoms with Gasteiger partial charge in [0.2, 0.25) is 0 Å². The first-order valence-electron chi connectivity index (χ1n) is 8.90. The third kappa shape index (κ3) is 5.05. The Kier molecular flexibility index (Phi) is 6.18. The summed E-state index contributed by atoms with van der Waals surface area (Å²) >= 11 is 0. The van der Waals surface area contributed by atoms with E-state index in [-0.39, 0.29) is 28.4 Å². The number of phenolic OH excluding ortho intramolecular Hbond substituents is 4. The first-order valence-corrected chi connectivity index (χ1v) is 8.90. The number of phenols is 4. The van der Waals surface area contributed by atoms with Crippen LogP contribution in [0.4, 0.5) is 0 Å². The predicted molar refractivity (Wildman–Crippen MR) is 99.2 cm³/mol. The lowest BCUT2D eigenvalue weighted by atomic mass is 9.70. The van der Waals surface area contributed by atoms with Gasteiger partial charge >= 0.3 is 0 Å². The van der Waals surface area contributed by atoms with Crippen molar-refractivity contribution in [3.8, 4) is 23.0 Å². The molecule has 25 heavy (non-hydrogen) atoms. The summed E-state index contributed by atoms with van der Waals surface area (Å²) in [7, 11) is 0. The summed E-state index contributed by atoms with van der Waals surface area (Å²) in [6.45, 7) is 4.26. The van der Waals surface area contributed by atoms with Crippen molar-refractivity contribution in [2.45, 2.75) is 52.4 Å². The Morgan fingerprint density at radius 3 is 1.88 bits per heavy atom. The summed E-state index contributed by atoms with van der Waals surface area (Å²) in [5, 5.41) is 39.6. The maximum atomic E-state index is 10.2. The zero-order valence-electron chi connectivity index (χ0n) is 15.0. The Bertz CT molecular complexity index is 683. The van der Waals surface area contributed by atoms with Gasteiger partial charge in [0.25, 0.3) is 0 Å². The minimum Gasteiger partial charge on any atom is -0.508 e. The molecule has 0 aromatic heterocycles. The lowest BCUT2D eigenvalue weighted by Crippen LogP contribution is -2.26. The normalized spacial score (nSPS) is 11.6. The van der Waals surface area contributed by atoms with Crippen LogP contribution in [0.3, 0.4) is 0 Å². The third-order valence-corrected chi connectivity index (χ3v) is 4.73. The topological polar surface area (TPSA) is 80.9 Å². The molecule has 0 heterocycles. The standard InChI is InChI=1S/C21H28O4/c1-3-7-21(8-4-2,13-15-9-18(23)12-19(24)10-15)14-16-11-17(22)5-6-20(16)25/h5-6,9-12,22-25H,3-4,7-8,13-14H2,1-2H3. The van der Waals surface area contributed by atoms with Crippen LogP contribution in [-0.2, 0) is 12.8 Å². The van der Waals surface area contributed by atoms with Gasteiger partial charge in [0.05, 0.1) is 0 Å². The average molecular weight is 344 g/mol. The van der Waals surface area contributed by atoms with Crippen LogP contribution in [0.15, 0.2) is 36.4 Å². The highest BCUT2D eigenvalue weighted by molar-refractivity contribution is 5.40. The van der Waals surface area contributed by atoms with E-state index in [1.54, 1.807) is 18.2 Å². The highest BCUT2D eigenvalue weighted by Crippen LogP contribution is 2.41. The van der Waals surface area contributed by atoms with Crippen molar-refractivity contribution in [2.24, 2.45) is 5.41 Å². The van der Waals surface area contributed by atoms with Crippen molar-refractivity contribution in [1.29, 1.82) is 0 Å². The molecule has 0 spiro atoms. The SMILES string of the molecule is CCCC(CCC)(Cc1cc(O)cc(O)c1)Cc1cc(O)ccc1O. The first kappa shape index (κ1) is 19.0. The van der Waals surface area contributed by atoms with E-state index in [1.807, 2.05) is 0 Å². The molecule has 4 nitrogen and oxygen atoms in total. The predicted octanol–water partition coefficient (Wildman–Crippen LogP) is 4.88. The molecule has 4 heteroatoms. The van der Waals surface area contributed by atoms with Gasteiger partial charge in [-0.2, -0.15) is 0 Å². The van der Waals surface area contributed by atoms with Crippen LogP contribution in [0.25, 0.3) is 0 Å². The Morgan fingerprint density at radius 1 is 0.720 bits per heavy atom. The van der Waals surface area contributed by atoms with Gasteiger partial charge in [-0.15, -0.1) is 0 Å². The fraction of sp³-hybridized carbons (Fsp3) is 0.429. The molecule has 0 aliphatic heterocycles. The van der Waals surface area contributed by atoms with Crippen molar-refractivity contribution in [3.63, 3.8) is 0 Å². The van der Waals surface area contributed by atoms with Crippen LogP contribution in [0.1, 0.15) is 50.7 Å². The molecule has 0 saturated heterocycles. The minimum absolute atomic E-state index is 0.0529. The molecular formula is C21H28O4. The summed E-state index contributed by atoms with van der Waals surface area (Å²) in [5.41, 5.74) is 1.49. The fourth-order valence-electron chi connectivity index (χ4n) is 3.91. The summed E-state index contributed by atoms with van der Waals surface area (Å²) in [6, 6.07) is 9.31. The monoisotopic (exact) mass is 344 g/mol. The molecule has 2 aromatic rings. The zero-order chi connectivity index (χ0) is 18.4. The zero-order valence-corrected chi connectivity index (χ0v) is 15.0. The van der Waals surface area contributed by atoms with E-state index in [9.17, 15) is 20.4 Å². The maximum Gasteiger partial charge on any atom is 0.119 e. The van der Waals surface area contributed by atoms with Gasteiger partial charge in [0.1, 0.15) is 23.0 Å². The number of benzene rings is 2. The molecule has 0 atom stereocenters. The average Bonchev–Trinajstić information content (AvgIpc) is 2.50. The fourth-order valence-corrected chi connectivity index (χ4v) is 3.91. The van der Waals surface area contributed by atoms with Crippen molar-refractivity contribution in [3.05, 3.63) is 47.5 Å². The molecule has 136 valence electrons. The Balaban J connectivity index is 2.39. The van der Waals surface area contributed by atoms with Crippen molar-refractivity contribution < 1.29 is 20.4 Å². The Morgan fingerprint density at radius 2 is 1.32 bits per heavy atom. The van der Waals surface area contributed by atoms with E-state index in [0.717, 1.165) is 36.8 Å². The van der Waals surface area contributed by atoms with Crippen LogP contribution >= 0.6 is 0 Å². The lowest BCUT2D eigenvalue weighted by Gasteiger charge is -2.34. The maximum absolute atomic E-state index is 10.2. The van der Waals surface area contributed by atoms with E-state index in [0.29, 0.717) is 12.8 Å². The van der Waals surface area contributed by atoms with Gasteiger partial charge < -0.3 is 20.4 Å². The number of hydrogen-bond donors (Lipinski definition) is 4. The molecule has 0 radical (unpaired) electrons. The van der Waals surface area contributed by atoms with Crippen LogP contribution in [-0.4, -0.2) is 20.4 Å². The highest BCUT2D eigenvalue weighted by Gasteiger charge is 2.30. The molecule has 2 aromatic carbocycles. The molecule has 0 amide bonds. The molecule has 0 saturated carbocycles. The van der Waals surface area contributed by atoms with Crippen molar-refractivity contribution in [1.82, 2.24) is 0 Å². The van der Waals surface area contributed by atoms with E-state index in [1.165, 1.54) is 18.2 Å². The minimum atomic E-state index is -0.116. The number of hydrogen-bond acceptors (Lipinski definition) is 4. The number of aromatic hydroxyl groups is 4. The van der Waals surface area contributed by atoms with Crippen molar-refractivity contribution >= 4 is 0 Å². The lowest BCUT2D eigenvalue weighted by molar-refractivity contribution is 0.226. The van der Waals surface area contributed by atoms with Crippen LogP contribution < -0.4 is 0 Å². The quantitative estimate of drug-likeness (QED) is 0.514. The smallest absolute Gasteiger partial charge is 0.119 e. The molecule has 0 unspecified atom stereocenters. The van der Waals surface area contributed by atoms with Crippen LogP contribution in [0, 0.1) is 5.41 Å². The molecule has 0 fully saturated rings. The molecule has 0 aliphatic rings. The second-order valence-electron chi connectivity index (χ2n) is 7.02. The van der Waals surface area contributed by atoms with Crippen LogP contribution in [0.2, 0.25) is 0 Å². The largest absolute Gasteiger partial charge is 0.508 e. The molecule has 0 bridgehead atoms. The summed E-state index contributed by atoms with van der Waals surface area (Å²) in [5.74, 6) is 0.437. The molecule has 2 rings (SSSR count). The van der Waals surface area contributed by atoms with Crippen molar-refractivity contribution in [2.75, 3.05) is 0 Å². The number of rotatable bonds is 8. The second kappa shape index (κ2) is 8.15. The van der Waals surface area contributed by atoms with E-state index < -0.39 is 0 Å². The van der Waals surface area contributed by atoms with Gasteiger partial charge in [0.15, 0.2) is 0 Å². The molecular weight excluding hydrogens is 316 g/mol. The molecule has 0 aliphatic carbocycles. The molecule has 4 N–H and O–H groups in total. The van der Waals surface area contributed by atoms with Gasteiger partial charge in [-0.25, -0.2) is 0 Å². The van der Waals surface area contributed by atoms with Crippen LogP contribution in [0.5, 0.6) is 23.0 Å². The van der Waals surface area contributed by atoms with E-state index in [2.05, 4.69) is 13.8 Å². The second-order valence-corrected chi connectivity index (χ2v) is 7.02. The first-order chi connectivity index (χ1) is 11.9.